The quantitative estimate of drug-likeness (QED) is 0.347. The molecule has 2 aliphatic rings. The lowest BCUT2D eigenvalue weighted by molar-refractivity contribution is 0.00452. The van der Waals surface area contributed by atoms with E-state index in [-0.39, 0.29) is 18.0 Å². The predicted molar refractivity (Wildman–Crippen MR) is 140 cm³/mol. The molecular weight excluding hydrogens is 450 g/mol. The van der Waals surface area contributed by atoms with Crippen molar-refractivity contribution in [2.75, 3.05) is 10.2 Å². The van der Waals surface area contributed by atoms with Crippen molar-refractivity contribution in [1.29, 1.82) is 0 Å². The van der Waals surface area contributed by atoms with Gasteiger partial charge in [-0.05, 0) is 67.6 Å². The Hall–Kier alpha value is -4.19. The minimum absolute atomic E-state index is 0.201. The highest BCUT2D eigenvalue weighted by Gasteiger charge is 2.55. The summed E-state index contributed by atoms with van der Waals surface area (Å²) in [4.78, 5) is 32.4. The number of nitrogens with zero attached hydrogens (tertiary/aromatic N) is 2. The summed E-state index contributed by atoms with van der Waals surface area (Å²) in [6.45, 7) is 0. The third kappa shape index (κ3) is 3.88. The highest BCUT2D eigenvalue weighted by Crippen LogP contribution is 2.51. The number of benzene rings is 3. The summed E-state index contributed by atoms with van der Waals surface area (Å²) in [5.74, 6) is -0.230. The molecule has 36 heavy (non-hydrogen) atoms. The van der Waals surface area contributed by atoms with Crippen molar-refractivity contribution in [3.05, 3.63) is 102 Å². The van der Waals surface area contributed by atoms with E-state index in [1.165, 1.54) is 0 Å². The van der Waals surface area contributed by atoms with Crippen LogP contribution in [0.25, 0.3) is 10.9 Å². The van der Waals surface area contributed by atoms with Gasteiger partial charge in [-0.1, -0.05) is 55.0 Å². The van der Waals surface area contributed by atoms with Crippen LogP contribution in [0.15, 0.2) is 91.1 Å². The van der Waals surface area contributed by atoms with E-state index in [1.807, 2.05) is 60.7 Å². The first-order chi connectivity index (χ1) is 17.6. The van der Waals surface area contributed by atoms with Crippen molar-refractivity contribution in [1.82, 2.24) is 4.98 Å². The Balaban J connectivity index is 1.29. The summed E-state index contributed by atoms with van der Waals surface area (Å²) in [5, 5.41) is 3.93. The summed E-state index contributed by atoms with van der Waals surface area (Å²) in [7, 11) is 0. The average molecular weight is 478 g/mol. The maximum absolute atomic E-state index is 13.2. The smallest absolute Gasteiger partial charge is 0.415 e. The lowest BCUT2D eigenvalue weighted by Crippen LogP contribution is -2.40. The maximum atomic E-state index is 13.2. The fourth-order valence-corrected chi connectivity index (χ4v) is 5.66. The van der Waals surface area contributed by atoms with Crippen molar-refractivity contribution >= 4 is 34.3 Å². The zero-order valence-electron chi connectivity index (χ0n) is 19.9. The van der Waals surface area contributed by atoms with Gasteiger partial charge in [-0.3, -0.25) is 14.7 Å². The van der Waals surface area contributed by atoms with E-state index < -0.39 is 5.60 Å². The molecule has 1 spiro atoms. The number of aromatic nitrogens is 1. The van der Waals surface area contributed by atoms with Crippen LogP contribution >= 0.6 is 0 Å². The first-order valence-corrected chi connectivity index (χ1v) is 12.5. The Morgan fingerprint density at radius 1 is 0.889 bits per heavy atom. The van der Waals surface area contributed by atoms with E-state index in [0.717, 1.165) is 54.3 Å². The molecule has 4 aromatic rings. The molecule has 2 heterocycles. The van der Waals surface area contributed by atoms with Crippen LogP contribution in [-0.4, -0.2) is 22.6 Å². The number of para-hydroxylation sites is 1. The number of nitrogens with one attached hydrogen (secondary N) is 1. The maximum Gasteiger partial charge on any atom is 0.415 e. The molecule has 2 fully saturated rings. The number of carbonyl (C=O) groups excluding carboxylic acids is 2. The number of pyridine rings is 1. The topological polar surface area (TPSA) is 71.5 Å². The fraction of sp³-hybridized carbons (Fsp3) is 0.233. The van der Waals surface area contributed by atoms with Gasteiger partial charge in [0.25, 0.3) is 5.91 Å². The average Bonchev–Trinajstić information content (AvgIpc) is 3.20. The predicted octanol–water partition coefficient (Wildman–Crippen LogP) is 6.89. The van der Waals surface area contributed by atoms with Gasteiger partial charge < -0.3 is 10.1 Å². The largest absolute Gasteiger partial charge is 0.440 e. The molecule has 6 rings (SSSR count). The van der Waals surface area contributed by atoms with E-state index in [1.54, 1.807) is 23.2 Å². The Morgan fingerprint density at radius 2 is 1.64 bits per heavy atom. The van der Waals surface area contributed by atoms with E-state index >= 15 is 0 Å². The van der Waals surface area contributed by atoms with Crippen LogP contribution in [0.1, 0.15) is 54.1 Å². The first-order valence-electron chi connectivity index (χ1n) is 12.5. The van der Waals surface area contributed by atoms with Crippen molar-refractivity contribution in [2.45, 2.75) is 43.7 Å². The molecule has 0 radical (unpaired) electrons. The molecule has 6 nitrogen and oxygen atoms in total. The van der Waals surface area contributed by atoms with Gasteiger partial charge in [-0.15, -0.1) is 0 Å². The molecular formula is C30H27N3O3. The Morgan fingerprint density at radius 3 is 2.42 bits per heavy atom. The van der Waals surface area contributed by atoms with Gasteiger partial charge in [-0.25, -0.2) is 4.79 Å². The van der Waals surface area contributed by atoms with Gasteiger partial charge in [0.1, 0.15) is 11.6 Å². The third-order valence-corrected chi connectivity index (χ3v) is 7.35. The monoisotopic (exact) mass is 477 g/mol. The Labute approximate surface area is 209 Å². The Bertz CT molecular complexity index is 1410. The normalized spacial score (nSPS) is 18.8. The molecule has 1 atom stereocenters. The van der Waals surface area contributed by atoms with E-state index in [2.05, 4.69) is 22.4 Å². The summed E-state index contributed by atoms with van der Waals surface area (Å²) in [6.07, 6.45) is 6.35. The third-order valence-electron chi connectivity index (χ3n) is 7.35. The highest BCUT2D eigenvalue weighted by molar-refractivity contribution is 6.08. The molecule has 6 heteroatoms. The van der Waals surface area contributed by atoms with Crippen LogP contribution in [0.3, 0.4) is 0 Å². The number of anilines is 2. The van der Waals surface area contributed by atoms with Gasteiger partial charge >= 0.3 is 6.09 Å². The van der Waals surface area contributed by atoms with Crippen molar-refractivity contribution < 1.29 is 14.3 Å². The minimum Gasteiger partial charge on any atom is -0.440 e. The fourth-order valence-electron chi connectivity index (χ4n) is 5.66. The molecule has 2 amide bonds. The van der Waals surface area contributed by atoms with E-state index in [0.29, 0.717) is 11.3 Å². The lowest BCUT2D eigenvalue weighted by Gasteiger charge is -2.38. The molecule has 0 bridgehead atoms. The van der Waals surface area contributed by atoms with Crippen LogP contribution in [-0.2, 0) is 4.74 Å². The highest BCUT2D eigenvalue weighted by atomic mass is 16.6. The molecule has 1 aromatic heterocycles. The lowest BCUT2D eigenvalue weighted by atomic mass is 9.76. The van der Waals surface area contributed by atoms with Gasteiger partial charge in [-0.2, -0.15) is 0 Å². The molecule has 0 unspecified atom stereocenters. The van der Waals surface area contributed by atoms with Gasteiger partial charge in [0.15, 0.2) is 0 Å². The van der Waals surface area contributed by atoms with E-state index in [4.69, 9.17) is 4.74 Å². The molecule has 180 valence electrons. The number of fused-ring (bicyclic) bond motifs is 1. The van der Waals surface area contributed by atoms with Crippen molar-refractivity contribution in [3.63, 3.8) is 0 Å². The molecule has 1 aliphatic carbocycles. The summed E-state index contributed by atoms with van der Waals surface area (Å²) in [6, 6.07) is 26.6. The second-order valence-electron chi connectivity index (χ2n) is 9.56. The summed E-state index contributed by atoms with van der Waals surface area (Å²) in [5.41, 5.74) is 3.17. The van der Waals surface area contributed by atoms with E-state index in [9.17, 15) is 9.59 Å². The number of amides is 2. The molecule has 1 saturated heterocycles. The van der Waals surface area contributed by atoms with Crippen molar-refractivity contribution in [3.8, 4) is 0 Å². The zero-order chi connectivity index (χ0) is 24.5. The SMILES string of the molecule is O=C(Nc1cccc2cccnc12)c1ccc(N2C(=O)OC3(CCCCC3)[C@@H]2c2ccccc2)cc1. The minimum atomic E-state index is -0.520. The van der Waals surface area contributed by atoms with Gasteiger partial charge in [0.2, 0.25) is 0 Å². The van der Waals surface area contributed by atoms with Crippen LogP contribution in [0.5, 0.6) is 0 Å². The number of hydrogen-bond donors (Lipinski definition) is 1. The molecule has 1 N–H and O–H groups in total. The number of hydrogen-bond acceptors (Lipinski definition) is 4. The van der Waals surface area contributed by atoms with Crippen LogP contribution in [0.4, 0.5) is 16.2 Å². The molecule has 1 saturated carbocycles. The van der Waals surface area contributed by atoms with Crippen LogP contribution in [0.2, 0.25) is 0 Å². The molecule has 3 aromatic carbocycles. The zero-order valence-corrected chi connectivity index (χ0v) is 19.9. The second-order valence-corrected chi connectivity index (χ2v) is 9.56. The Kier molecular flexibility index (Phi) is 5.64. The van der Waals surface area contributed by atoms with Crippen molar-refractivity contribution in [2.24, 2.45) is 0 Å². The van der Waals surface area contributed by atoms with Gasteiger partial charge in [0.05, 0.1) is 11.2 Å². The molecule has 1 aliphatic heterocycles. The number of rotatable bonds is 4. The summed E-state index contributed by atoms with van der Waals surface area (Å²) < 4.78 is 6.12. The first kappa shape index (κ1) is 22.3. The second kappa shape index (κ2) is 9.11. The summed E-state index contributed by atoms with van der Waals surface area (Å²) >= 11 is 0. The van der Waals surface area contributed by atoms with Gasteiger partial charge in [0, 0.05) is 22.8 Å². The standard InChI is InChI=1S/C30H27N3O3/c34-28(32-25-13-7-11-21-12-8-20-31-26(21)25)23-14-16-24(17-15-23)33-27(22-9-3-1-4-10-22)30(36-29(33)35)18-5-2-6-19-30/h1,3-4,7-17,20,27H,2,5-6,18-19H2,(H,32,34)/t27-/m0/s1. The van der Waals surface area contributed by atoms with Crippen LogP contribution < -0.4 is 10.2 Å². The number of carbonyl (C=O) groups is 2. The van der Waals surface area contributed by atoms with Crippen LogP contribution in [0, 0.1) is 0 Å². The number of ether oxygens (including phenoxy) is 1.